The van der Waals surface area contributed by atoms with Crippen LogP contribution in [0.4, 0.5) is 4.79 Å². The summed E-state index contributed by atoms with van der Waals surface area (Å²) in [6.07, 6.45) is 9.37. The lowest BCUT2D eigenvalue weighted by molar-refractivity contribution is -0.144. The van der Waals surface area contributed by atoms with E-state index < -0.39 is 23.8 Å². The van der Waals surface area contributed by atoms with Gasteiger partial charge in [-0.25, -0.2) is 4.79 Å². The minimum Gasteiger partial charge on any atom is -0.293 e. The monoisotopic (exact) mass is 345 g/mol. The molecule has 1 heterocycles. The number of urea groups is 1. The van der Waals surface area contributed by atoms with E-state index in [0.717, 1.165) is 27.6 Å². The Morgan fingerprint density at radius 1 is 0.960 bits per heavy atom. The number of nitrogens with zero attached hydrogens (tertiary/aromatic N) is 3. The van der Waals surface area contributed by atoms with Gasteiger partial charge in [-0.2, -0.15) is 0 Å². The average molecular weight is 345 g/mol. The fraction of sp³-hybridized carbons (Fsp3) is 0.789. The van der Waals surface area contributed by atoms with Crippen LogP contribution >= 0.6 is 0 Å². The molecule has 136 valence electrons. The van der Waals surface area contributed by atoms with Crippen molar-refractivity contribution in [3.63, 3.8) is 0 Å². The normalized spacial score (nSPS) is 39.8. The Morgan fingerprint density at radius 3 is 1.84 bits per heavy atom. The molecule has 25 heavy (non-hydrogen) atoms. The molecule has 0 radical (unpaired) electrons. The van der Waals surface area contributed by atoms with E-state index in [9.17, 15) is 14.4 Å². The van der Waals surface area contributed by atoms with Crippen molar-refractivity contribution >= 4 is 24.1 Å². The number of rotatable bonds is 3. The van der Waals surface area contributed by atoms with E-state index in [-0.39, 0.29) is 11.5 Å². The Hall–Kier alpha value is -1.72. The highest BCUT2D eigenvalue weighted by molar-refractivity contribution is 6.23. The number of imide groups is 2. The summed E-state index contributed by atoms with van der Waals surface area (Å²) in [7, 11) is 2.83. The molecule has 1 aliphatic heterocycles. The average Bonchev–Trinajstić information content (AvgIpc) is 2.57. The highest BCUT2D eigenvalue weighted by atomic mass is 16.2. The Balaban J connectivity index is 1.52. The van der Waals surface area contributed by atoms with Gasteiger partial charge in [-0.1, -0.05) is 0 Å². The van der Waals surface area contributed by atoms with Crippen molar-refractivity contribution in [2.24, 2.45) is 34.1 Å². The van der Waals surface area contributed by atoms with Crippen LogP contribution in [0.15, 0.2) is 4.99 Å². The number of amides is 4. The topological polar surface area (TPSA) is 70.1 Å². The standard InChI is InChI=1S/C19H27N3O3/c1-11(19-7-12-4-13(8-19)6-14(5-12)9-19)20-10-15-16(23)21(2)18(25)22(3)17(15)24/h10-15H,4-9H2,1-3H3/t11-,12?,13?,14?,19?/m1/s1. The van der Waals surface area contributed by atoms with Gasteiger partial charge in [0, 0.05) is 20.3 Å². The van der Waals surface area contributed by atoms with E-state index in [1.54, 1.807) is 0 Å². The molecule has 4 bridgehead atoms. The highest BCUT2D eigenvalue weighted by Gasteiger charge is 2.53. The SMILES string of the molecule is C[C@@H](N=CC1C(=O)N(C)C(=O)N(C)C1=O)C12CC3CC(CC(C3)C1)C2. The van der Waals surface area contributed by atoms with Crippen LogP contribution in [-0.2, 0) is 9.59 Å². The highest BCUT2D eigenvalue weighted by Crippen LogP contribution is 2.61. The summed E-state index contributed by atoms with van der Waals surface area (Å²) in [5, 5.41) is 0. The van der Waals surface area contributed by atoms with E-state index in [4.69, 9.17) is 4.99 Å². The lowest BCUT2D eigenvalue weighted by Gasteiger charge is -2.58. The summed E-state index contributed by atoms with van der Waals surface area (Å²) >= 11 is 0. The molecule has 5 fully saturated rings. The number of hydrogen-bond donors (Lipinski definition) is 0. The Morgan fingerprint density at radius 2 is 1.40 bits per heavy atom. The van der Waals surface area contributed by atoms with Crippen molar-refractivity contribution in [2.45, 2.75) is 51.5 Å². The van der Waals surface area contributed by atoms with Gasteiger partial charge in [0.15, 0.2) is 5.92 Å². The first kappa shape index (κ1) is 16.7. The largest absolute Gasteiger partial charge is 0.332 e. The van der Waals surface area contributed by atoms with E-state index in [1.165, 1.54) is 58.8 Å². The number of hydrogen-bond acceptors (Lipinski definition) is 4. The van der Waals surface area contributed by atoms with Crippen LogP contribution in [0.1, 0.15) is 45.4 Å². The molecule has 0 unspecified atom stereocenters. The molecule has 0 spiro atoms. The molecule has 1 atom stereocenters. The summed E-state index contributed by atoms with van der Waals surface area (Å²) < 4.78 is 0. The molecule has 1 saturated heterocycles. The summed E-state index contributed by atoms with van der Waals surface area (Å²) in [4.78, 5) is 43.2. The van der Waals surface area contributed by atoms with Crippen LogP contribution in [-0.4, -0.2) is 54.0 Å². The van der Waals surface area contributed by atoms with Gasteiger partial charge in [0.25, 0.3) is 0 Å². The maximum Gasteiger partial charge on any atom is 0.332 e. The van der Waals surface area contributed by atoms with Gasteiger partial charge in [-0.05, 0) is 68.6 Å². The number of carbonyl (C=O) groups excluding carboxylic acids is 3. The van der Waals surface area contributed by atoms with Crippen LogP contribution in [0.3, 0.4) is 0 Å². The van der Waals surface area contributed by atoms with E-state index in [1.807, 2.05) is 0 Å². The van der Waals surface area contributed by atoms with E-state index in [0.29, 0.717) is 0 Å². The zero-order valence-corrected chi connectivity index (χ0v) is 15.3. The molecule has 4 amide bonds. The van der Waals surface area contributed by atoms with E-state index >= 15 is 0 Å². The van der Waals surface area contributed by atoms with Gasteiger partial charge in [-0.3, -0.25) is 24.4 Å². The molecule has 0 aromatic carbocycles. The van der Waals surface area contributed by atoms with Crippen molar-refractivity contribution in [3.8, 4) is 0 Å². The zero-order valence-electron chi connectivity index (χ0n) is 15.3. The minimum atomic E-state index is -0.968. The first-order valence-corrected chi connectivity index (χ1v) is 9.43. The van der Waals surface area contributed by atoms with Crippen molar-refractivity contribution in [2.75, 3.05) is 14.1 Å². The molecule has 4 saturated carbocycles. The first-order chi connectivity index (χ1) is 11.8. The van der Waals surface area contributed by atoms with Crippen molar-refractivity contribution in [1.82, 2.24) is 9.80 Å². The van der Waals surface area contributed by atoms with E-state index in [2.05, 4.69) is 6.92 Å². The number of aliphatic imine (C=N–C) groups is 1. The van der Waals surface area contributed by atoms with Gasteiger partial charge in [-0.15, -0.1) is 0 Å². The van der Waals surface area contributed by atoms with Crippen LogP contribution in [0.25, 0.3) is 0 Å². The first-order valence-electron chi connectivity index (χ1n) is 9.43. The fourth-order valence-electron chi connectivity index (χ4n) is 6.13. The smallest absolute Gasteiger partial charge is 0.293 e. The van der Waals surface area contributed by atoms with Crippen LogP contribution in [0.5, 0.6) is 0 Å². The quantitative estimate of drug-likeness (QED) is 0.582. The molecule has 5 rings (SSSR count). The third-order valence-corrected chi connectivity index (χ3v) is 7.20. The summed E-state index contributed by atoms with van der Waals surface area (Å²) in [6, 6.07) is -0.455. The summed E-state index contributed by atoms with van der Waals surface area (Å²) in [6.45, 7) is 2.14. The van der Waals surface area contributed by atoms with Gasteiger partial charge in [0.2, 0.25) is 11.8 Å². The van der Waals surface area contributed by atoms with Crippen LogP contribution in [0, 0.1) is 29.1 Å². The molecular formula is C19H27N3O3. The van der Waals surface area contributed by atoms with Gasteiger partial charge in [0.05, 0.1) is 6.04 Å². The molecule has 5 aliphatic rings. The molecule has 6 heteroatoms. The number of barbiturate groups is 1. The predicted octanol–water partition coefficient (Wildman–Crippen LogP) is 2.33. The fourth-order valence-corrected chi connectivity index (χ4v) is 6.13. The Bertz CT molecular complexity index is 597. The number of carbonyl (C=O) groups is 3. The zero-order chi connectivity index (χ0) is 17.9. The molecule has 4 aliphatic carbocycles. The molecule has 0 aromatic heterocycles. The van der Waals surface area contributed by atoms with Gasteiger partial charge in [0.1, 0.15) is 0 Å². The molecule has 0 aromatic rings. The second-order valence-electron chi connectivity index (χ2n) is 8.81. The Labute approximate surface area is 148 Å². The maximum absolute atomic E-state index is 12.3. The summed E-state index contributed by atoms with van der Waals surface area (Å²) in [5.74, 6) is 0.610. The summed E-state index contributed by atoms with van der Waals surface area (Å²) in [5.41, 5.74) is 0.250. The van der Waals surface area contributed by atoms with Crippen molar-refractivity contribution in [1.29, 1.82) is 0 Å². The second-order valence-corrected chi connectivity index (χ2v) is 8.81. The van der Waals surface area contributed by atoms with Crippen molar-refractivity contribution < 1.29 is 14.4 Å². The molecule has 6 nitrogen and oxygen atoms in total. The third kappa shape index (κ3) is 2.52. The molecular weight excluding hydrogens is 318 g/mol. The Kier molecular flexibility index (Phi) is 3.78. The molecule has 0 N–H and O–H groups in total. The predicted molar refractivity (Wildman–Crippen MR) is 93.0 cm³/mol. The van der Waals surface area contributed by atoms with Gasteiger partial charge >= 0.3 is 6.03 Å². The lowest BCUT2D eigenvalue weighted by Crippen LogP contribution is -2.57. The lowest BCUT2D eigenvalue weighted by atomic mass is 9.48. The van der Waals surface area contributed by atoms with Crippen LogP contribution in [0.2, 0.25) is 0 Å². The van der Waals surface area contributed by atoms with Crippen LogP contribution < -0.4 is 0 Å². The second kappa shape index (κ2) is 5.64. The maximum atomic E-state index is 12.3. The van der Waals surface area contributed by atoms with Gasteiger partial charge < -0.3 is 0 Å². The third-order valence-electron chi connectivity index (χ3n) is 7.20. The minimum absolute atomic E-state index is 0.120. The van der Waals surface area contributed by atoms with Crippen molar-refractivity contribution in [3.05, 3.63) is 0 Å².